The Bertz CT molecular complexity index is 676. The number of amides is 1. The van der Waals surface area contributed by atoms with Crippen molar-refractivity contribution in [3.63, 3.8) is 0 Å². The van der Waals surface area contributed by atoms with Gasteiger partial charge in [-0.15, -0.1) is 10.2 Å². The van der Waals surface area contributed by atoms with E-state index in [1.54, 1.807) is 19.3 Å². The van der Waals surface area contributed by atoms with Crippen LogP contribution in [0, 0.1) is 6.92 Å². The van der Waals surface area contributed by atoms with Gasteiger partial charge in [-0.05, 0) is 26.8 Å². The van der Waals surface area contributed by atoms with E-state index in [2.05, 4.69) is 10.2 Å². The number of carbonyl (C=O) groups is 1. The van der Waals surface area contributed by atoms with Gasteiger partial charge in [-0.25, -0.2) is 0 Å². The van der Waals surface area contributed by atoms with E-state index in [4.69, 9.17) is 9.15 Å². The van der Waals surface area contributed by atoms with Crippen LogP contribution >= 0.6 is 0 Å². The van der Waals surface area contributed by atoms with Crippen LogP contribution in [0.15, 0.2) is 16.7 Å². The van der Waals surface area contributed by atoms with Crippen LogP contribution in [-0.2, 0) is 17.9 Å². The summed E-state index contributed by atoms with van der Waals surface area (Å²) in [5.74, 6) is 2.23. The zero-order chi connectivity index (χ0) is 15.7. The minimum absolute atomic E-state index is 0.0284. The van der Waals surface area contributed by atoms with Gasteiger partial charge in [0, 0.05) is 19.7 Å². The normalized spacial score (nSPS) is 17.6. The topological polar surface area (TPSA) is 73.4 Å². The van der Waals surface area contributed by atoms with E-state index in [-0.39, 0.29) is 11.9 Å². The molecule has 1 aliphatic heterocycles. The Labute approximate surface area is 128 Å². The number of carbonyl (C=O) groups excluding carboxylic acids is 1. The van der Waals surface area contributed by atoms with Crippen LogP contribution in [0.3, 0.4) is 0 Å². The van der Waals surface area contributed by atoms with Gasteiger partial charge in [0.05, 0.1) is 17.9 Å². The Morgan fingerprint density at radius 3 is 2.95 bits per heavy atom. The largest absolute Gasteiger partial charge is 0.469 e. The summed E-state index contributed by atoms with van der Waals surface area (Å²) in [6.07, 6.45) is 1.54. The first-order valence-electron chi connectivity index (χ1n) is 7.48. The van der Waals surface area contributed by atoms with E-state index in [9.17, 15) is 4.79 Å². The summed E-state index contributed by atoms with van der Waals surface area (Å²) in [5, 5.41) is 8.43. The SMILES string of the molecule is CCOCc1nnc2n1CCN(C(=O)c1ccoc1C)[C@@H]2C. The van der Waals surface area contributed by atoms with Crippen LogP contribution < -0.4 is 0 Å². The van der Waals surface area contributed by atoms with Gasteiger partial charge in [-0.3, -0.25) is 4.79 Å². The van der Waals surface area contributed by atoms with Crippen molar-refractivity contribution in [2.75, 3.05) is 13.2 Å². The van der Waals surface area contributed by atoms with Crippen molar-refractivity contribution in [2.45, 2.75) is 40.0 Å². The lowest BCUT2D eigenvalue weighted by Crippen LogP contribution is -2.41. The Morgan fingerprint density at radius 2 is 2.27 bits per heavy atom. The molecule has 2 aromatic heterocycles. The van der Waals surface area contributed by atoms with E-state index in [1.807, 2.05) is 23.3 Å². The maximum Gasteiger partial charge on any atom is 0.258 e. The first-order valence-corrected chi connectivity index (χ1v) is 7.48. The fraction of sp³-hybridized carbons (Fsp3) is 0.533. The molecule has 3 rings (SSSR count). The number of ether oxygens (including phenoxy) is 1. The summed E-state index contributed by atoms with van der Waals surface area (Å²) >= 11 is 0. The fourth-order valence-electron chi connectivity index (χ4n) is 2.78. The van der Waals surface area contributed by atoms with Gasteiger partial charge in [-0.1, -0.05) is 0 Å². The van der Waals surface area contributed by atoms with Gasteiger partial charge >= 0.3 is 0 Å². The van der Waals surface area contributed by atoms with Crippen LogP contribution in [0.2, 0.25) is 0 Å². The second-order valence-electron chi connectivity index (χ2n) is 5.33. The molecule has 7 heteroatoms. The fourth-order valence-corrected chi connectivity index (χ4v) is 2.78. The molecule has 1 atom stereocenters. The lowest BCUT2D eigenvalue weighted by Gasteiger charge is -2.33. The smallest absolute Gasteiger partial charge is 0.258 e. The number of furan rings is 1. The maximum atomic E-state index is 12.7. The zero-order valence-corrected chi connectivity index (χ0v) is 13.1. The van der Waals surface area contributed by atoms with Gasteiger partial charge in [0.15, 0.2) is 11.6 Å². The van der Waals surface area contributed by atoms with Gasteiger partial charge < -0.3 is 18.6 Å². The minimum Gasteiger partial charge on any atom is -0.469 e. The number of nitrogens with zero attached hydrogens (tertiary/aromatic N) is 4. The standard InChI is InChI=1S/C15H20N4O3/c1-4-21-9-13-16-17-14-10(2)18(6-7-19(13)14)15(20)12-5-8-22-11(12)3/h5,8,10H,4,6-7,9H2,1-3H3/t10-/m1/s1. The molecule has 3 heterocycles. The second-order valence-corrected chi connectivity index (χ2v) is 5.33. The number of rotatable bonds is 4. The molecule has 1 aliphatic rings. The highest BCUT2D eigenvalue weighted by Gasteiger charge is 2.32. The number of hydrogen-bond acceptors (Lipinski definition) is 5. The van der Waals surface area contributed by atoms with Gasteiger partial charge in [0.2, 0.25) is 0 Å². The van der Waals surface area contributed by atoms with E-state index < -0.39 is 0 Å². The highest BCUT2D eigenvalue weighted by Crippen LogP contribution is 2.27. The molecule has 0 radical (unpaired) electrons. The Hall–Kier alpha value is -2.15. The van der Waals surface area contributed by atoms with E-state index in [1.165, 1.54) is 0 Å². The molecule has 0 saturated carbocycles. The van der Waals surface area contributed by atoms with Crippen molar-refractivity contribution in [3.05, 3.63) is 35.3 Å². The summed E-state index contributed by atoms with van der Waals surface area (Å²) < 4.78 is 12.7. The summed E-state index contributed by atoms with van der Waals surface area (Å²) in [6.45, 7) is 8.10. The quantitative estimate of drug-likeness (QED) is 0.863. The molecular formula is C15H20N4O3. The number of fused-ring (bicyclic) bond motifs is 1. The Balaban J connectivity index is 1.83. The molecule has 1 amide bonds. The van der Waals surface area contributed by atoms with E-state index >= 15 is 0 Å². The maximum absolute atomic E-state index is 12.7. The van der Waals surface area contributed by atoms with Gasteiger partial charge in [0.25, 0.3) is 5.91 Å². The summed E-state index contributed by atoms with van der Waals surface area (Å²) in [4.78, 5) is 14.5. The highest BCUT2D eigenvalue weighted by atomic mass is 16.5. The summed E-state index contributed by atoms with van der Waals surface area (Å²) in [7, 11) is 0. The van der Waals surface area contributed by atoms with Crippen LogP contribution in [0.25, 0.3) is 0 Å². The monoisotopic (exact) mass is 304 g/mol. The molecular weight excluding hydrogens is 284 g/mol. The van der Waals surface area contributed by atoms with Gasteiger partial charge in [-0.2, -0.15) is 0 Å². The second kappa shape index (κ2) is 5.92. The van der Waals surface area contributed by atoms with Crippen molar-refractivity contribution in [2.24, 2.45) is 0 Å². The van der Waals surface area contributed by atoms with Crippen molar-refractivity contribution in [1.29, 1.82) is 0 Å². The molecule has 0 aliphatic carbocycles. The molecule has 0 bridgehead atoms. The minimum atomic E-state index is -0.126. The summed E-state index contributed by atoms with van der Waals surface area (Å²) in [5.41, 5.74) is 0.606. The average molecular weight is 304 g/mol. The third-order valence-electron chi connectivity index (χ3n) is 4.05. The van der Waals surface area contributed by atoms with Crippen molar-refractivity contribution < 1.29 is 13.9 Å². The van der Waals surface area contributed by atoms with E-state index in [0.29, 0.717) is 37.6 Å². The molecule has 2 aromatic rings. The Morgan fingerprint density at radius 1 is 1.45 bits per heavy atom. The average Bonchev–Trinajstić information content (AvgIpc) is 3.11. The lowest BCUT2D eigenvalue weighted by atomic mass is 10.1. The van der Waals surface area contributed by atoms with Crippen LogP contribution in [-0.4, -0.2) is 38.7 Å². The van der Waals surface area contributed by atoms with E-state index in [0.717, 1.165) is 11.6 Å². The zero-order valence-electron chi connectivity index (χ0n) is 13.1. The molecule has 7 nitrogen and oxygen atoms in total. The number of hydrogen-bond donors (Lipinski definition) is 0. The molecule has 0 unspecified atom stereocenters. The lowest BCUT2D eigenvalue weighted by molar-refractivity contribution is 0.0628. The third kappa shape index (κ3) is 2.41. The molecule has 0 N–H and O–H groups in total. The first-order chi connectivity index (χ1) is 10.6. The van der Waals surface area contributed by atoms with Crippen LogP contribution in [0.1, 0.15) is 47.7 Å². The molecule has 22 heavy (non-hydrogen) atoms. The molecule has 118 valence electrons. The highest BCUT2D eigenvalue weighted by molar-refractivity contribution is 5.95. The summed E-state index contributed by atoms with van der Waals surface area (Å²) in [6, 6.07) is 1.59. The first kappa shape index (κ1) is 14.8. The molecule has 0 saturated heterocycles. The third-order valence-corrected chi connectivity index (χ3v) is 4.05. The molecule has 0 fully saturated rings. The van der Waals surface area contributed by atoms with Crippen molar-refractivity contribution in [1.82, 2.24) is 19.7 Å². The van der Waals surface area contributed by atoms with Crippen molar-refractivity contribution >= 4 is 5.91 Å². The van der Waals surface area contributed by atoms with Gasteiger partial charge in [0.1, 0.15) is 12.4 Å². The molecule has 0 aromatic carbocycles. The molecule has 0 spiro atoms. The van der Waals surface area contributed by atoms with Crippen LogP contribution in [0.5, 0.6) is 0 Å². The van der Waals surface area contributed by atoms with Crippen LogP contribution in [0.4, 0.5) is 0 Å². The number of aryl methyl sites for hydroxylation is 1. The Kier molecular flexibility index (Phi) is 3.98. The predicted octanol–water partition coefficient (Wildman–Crippen LogP) is 1.93. The van der Waals surface area contributed by atoms with Crippen molar-refractivity contribution in [3.8, 4) is 0 Å². The predicted molar refractivity (Wildman–Crippen MR) is 78.2 cm³/mol. The number of aromatic nitrogens is 3.